The molecule has 0 saturated carbocycles. The van der Waals surface area contributed by atoms with Gasteiger partial charge in [0.2, 0.25) is 0 Å². The largest absolute Gasteiger partial charge is 0.444 e. The summed E-state index contributed by atoms with van der Waals surface area (Å²) >= 11 is 0. The highest BCUT2D eigenvalue weighted by molar-refractivity contribution is 6.09. The zero-order valence-corrected chi connectivity index (χ0v) is 28.6. The van der Waals surface area contributed by atoms with Crippen LogP contribution in [0.5, 0.6) is 0 Å². The fourth-order valence-corrected chi connectivity index (χ4v) is 6.47. The van der Waals surface area contributed by atoms with Gasteiger partial charge in [0, 0.05) is 74.5 Å². The van der Waals surface area contributed by atoms with E-state index < -0.39 is 5.60 Å². The quantitative estimate of drug-likeness (QED) is 0.353. The van der Waals surface area contributed by atoms with Gasteiger partial charge in [-0.25, -0.2) is 9.78 Å². The number of hydrogen-bond donors (Lipinski definition) is 1. The fraction of sp³-hybridized carbons (Fsp3) is 0.500. The molecule has 0 radical (unpaired) electrons. The first-order valence-corrected chi connectivity index (χ1v) is 16.4. The van der Waals surface area contributed by atoms with Gasteiger partial charge in [-0.05, 0) is 101 Å². The summed E-state index contributed by atoms with van der Waals surface area (Å²) < 4.78 is 5.54. The number of nitrogens with one attached hydrogen (secondary N) is 1. The maximum atomic E-state index is 14.3. The van der Waals surface area contributed by atoms with Crippen LogP contribution in [0.4, 0.5) is 22.0 Å². The van der Waals surface area contributed by atoms with Crippen molar-refractivity contribution in [2.24, 2.45) is 0 Å². The molecule has 1 N–H and O–H groups in total. The number of amides is 2. The van der Waals surface area contributed by atoms with Crippen molar-refractivity contribution in [2.45, 2.75) is 79.4 Å². The van der Waals surface area contributed by atoms with Crippen LogP contribution in [0.25, 0.3) is 11.1 Å². The third-order valence-corrected chi connectivity index (χ3v) is 8.71. The highest BCUT2D eigenvalue weighted by Crippen LogP contribution is 2.38. The first kappa shape index (κ1) is 33.0. The number of H-pyrrole nitrogens is 1. The normalized spacial score (nSPS) is 14.9. The first-order chi connectivity index (χ1) is 21.8. The summed E-state index contributed by atoms with van der Waals surface area (Å²) in [5.74, 6) is 0.651. The monoisotopic (exact) mass is 628 g/mol. The number of fused-ring (bicyclic) bond motifs is 1. The second kappa shape index (κ2) is 13.2. The first-order valence-electron chi connectivity index (χ1n) is 16.4. The molecule has 46 heavy (non-hydrogen) atoms. The average Bonchev–Trinajstić information content (AvgIpc) is 3.44. The molecule has 2 aliphatic rings. The standard InChI is InChI=1S/C36H48N6O4/c1-9-10-25-19-24(4)38-33(43)32(25)39(8)34(44)29-20-27(21-30-28(29)13-14-42(30)23(2)3)26-11-12-31(37-22-26)40-15-17-41(18-16-40)35(45)46-36(5,6)7/h11-12,19-23H,9-10,13-18H2,1-8H3,(H,38,43). The lowest BCUT2D eigenvalue weighted by Gasteiger charge is -2.36. The van der Waals surface area contributed by atoms with Gasteiger partial charge < -0.3 is 29.3 Å². The molecule has 0 aliphatic carbocycles. The molecule has 0 unspecified atom stereocenters. The van der Waals surface area contributed by atoms with Crippen molar-refractivity contribution in [3.05, 3.63) is 69.3 Å². The molecular formula is C36H48N6O4. The number of carbonyl (C=O) groups excluding carboxylic acids is 2. The van der Waals surface area contributed by atoms with Crippen LogP contribution in [-0.2, 0) is 17.6 Å². The number of piperazine rings is 1. The van der Waals surface area contributed by atoms with Crippen LogP contribution >= 0.6 is 0 Å². The van der Waals surface area contributed by atoms with Gasteiger partial charge in [0.05, 0.1) is 0 Å². The van der Waals surface area contributed by atoms with E-state index in [2.05, 4.69) is 41.6 Å². The molecular weight excluding hydrogens is 580 g/mol. The number of ether oxygens (including phenoxy) is 1. The zero-order chi connectivity index (χ0) is 33.3. The van der Waals surface area contributed by atoms with Crippen molar-refractivity contribution >= 4 is 29.2 Å². The number of pyridine rings is 2. The van der Waals surface area contributed by atoms with Crippen molar-refractivity contribution in [2.75, 3.05) is 54.5 Å². The molecule has 1 saturated heterocycles. The van der Waals surface area contributed by atoms with Gasteiger partial charge in [-0.1, -0.05) is 13.3 Å². The van der Waals surface area contributed by atoms with Crippen LogP contribution in [0, 0.1) is 6.92 Å². The Hall–Kier alpha value is -4.34. The van der Waals surface area contributed by atoms with Gasteiger partial charge in [-0.2, -0.15) is 0 Å². The lowest BCUT2D eigenvalue weighted by Crippen LogP contribution is -2.50. The number of benzene rings is 1. The number of rotatable bonds is 7. The summed E-state index contributed by atoms with van der Waals surface area (Å²) in [5.41, 5.74) is 5.80. The summed E-state index contributed by atoms with van der Waals surface area (Å²) in [6.07, 6.45) is 3.92. The minimum atomic E-state index is -0.522. The smallest absolute Gasteiger partial charge is 0.410 e. The van der Waals surface area contributed by atoms with E-state index in [1.807, 2.05) is 58.2 Å². The number of aromatic nitrogens is 2. The second-order valence-electron chi connectivity index (χ2n) is 13.7. The van der Waals surface area contributed by atoms with Crippen molar-refractivity contribution in [3.63, 3.8) is 0 Å². The van der Waals surface area contributed by atoms with Crippen LogP contribution in [0.2, 0.25) is 0 Å². The van der Waals surface area contributed by atoms with E-state index in [0.717, 1.165) is 58.8 Å². The maximum Gasteiger partial charge on any atom is 0.410 e. The van der Waals surface area contributed by atoms with E-state index in [1.54, 1.807) is 11.9 Å². The Bertz CT molecular complexity index is 1650. The van der Waals surface area contributed by atoms with E-state index >= 15 is 0 Å². The molecule has 0 bridgehead atoms. The maximum absolute atomic E-state index is 14.3. The van der Waals surface area contributed by atoms with Crippen LogP contribution in [0.3, 0.4) is 0 Å². The number of carbonyl (C=O) groups is 2. The molecule has 2 aromatic heterocycles. The van der Waals surface area contributed by atoms with Crippen LogP contribution < -0.4 is 20.3 Å². The summed E-state index contributed by atoms with van der Waals surface area (Å²) in [6.45, 7) is 17.2. The fourth-order valence-electron chi connectivity index (χ4n) is 6.47. The molecule has 1 aromatic carbocycles. The van der Waals surface area contributed by atoms with E-state index in [1.165, 1.54) is 4.90 Å². The van der Waals surface area contributed by atoms with E-state index in [-0.39, 0.29) is 23.6 Å². The van der Waals surface area contributed by atoms with E-state index in [0.29, 0.717) is 43.9 Å². The number of aryl methyl sites for hydroxylation is 2. The van der Waals surface area contributed by atoms with Crippen LogP contribution in [0.15, 0.2) is 41.3 Å². The Morgan fingerprint density at radius 3 is 2.37 bits per heavy atom. The minimum absolute atomic E-state index is 0.192. The molecule has 0 spiro atoms. The number of aromatic amines is 1. The molecule has 5 rings (SSSR count). The van der Waals surface area contributed by atoms with Crippen molar-refractivity contribution in [1.82, 2.24) is 14.9 Å². The Labute approximate surface area is 272 Å². The SMILES string of the molecule is CCCc1cc(C)[nH]c(=O)c1N(C)C(=O)c1cc(-c2ccc(N3CCN(C(=O)OC(C)(C)C)CC3)nc2)cc2c1CCN2C(C)C. The van der Waals surface area contributed by atoms with Crippen molar-refractivity contribution < 1.29 is 14.3 Å². The van der Waals surface area contributed by atoms with Gasteiger partial charge in [0.15, 0.2) is 0 Å². The topological polar surface area (TPSA) is 102 Å². The van der Waals surface area contributed by atoms with Crippen LogP contribution in [0.1, 0.15) is 75.1 Å². The molecule has 2 amide bonds. The lowest BCUT2D eigenvalue weighted by molar-refractivity contribution is 0.0240. The summed E-state index contributed by atoms with van der Waals surface area (Å²) in [6, 6.07) is 10.4. The minimum Gasteiger partial charge on any atom is -0.444 e. The van der Waals surface area contributed by atoms with Gasteiger partial charge in [0.25, 0.3) is 11.5 Å². The Balaban J connectivity index is 1.43. The van der Waals surface area contributed by atoms with Crippen molar-refractivity contribution in [3.8, 4) is 11.1 Å². The van der Waals surface area contributed by atoms with E-state index in [9.17, 15) is 14.4 Å². The third kappa shape index (κ3) is 6.90. The molecule has 4 heterocycles. The molecule has 246 valence electrons. The number of nitrogens with zero attached hydrogens (tertiary/aromatic N) is 5. The summed E-state index contributed by atoms with van der Waals surface area (Å²) in [4.78, 5) is 55.4. The molecule has 2 aliphatic heterocycles. The third-order valence-electron chi connectivity index (χ3n) is 8.71. The Kier molecular flexibility index (Phi) is 9.47. The highest BCUT2D eigenvalue weighted by atomic mass is 16.6. The zero-order valence-electron chi connectivity index (χ0n) is 28.6. The van der Waals surface area contributed by atoms with Crippen molar-refractivity contribution in [1.29, 1.82) is 0 Å². The molecule has 10 heteroatoms. The highest BCUT2D eigenvalue weighted by Gasteiger charge is 2.31. The van der Waals surface area contributed by atoms with Gasteiger partial charge in [-0.3, -0.25) is 9.59 Å². The lowest BCUT2D eigenvalue weighted by atomic mass is 9.96. The van der Waals surface area contributed by atoms with Crippen LogP contribution in [-0.4, -0.2) is 78.3 Å². The number of hydrogen-bond acceptors (Lipinski definition) is 7. The van der Waals surface area contributed by atoms with Gasteiger partial charge >= 0.3 is 6.09 Å². The summed E-state index contributed by atoms with van der Waals surface area (Å²) in [7, 11) is 1.70. The van der Waals surface area contributed by atoms with Gasteiger partial charge in [-0.15, -0.1) is 0 Å². The summed E-state index contributed by atoms with van der Waals surface area (Å²) in [5, 5.41) is 0. The molecule has 10 nitrogen and oxygen atoms in total. The predicted octanol–water partition coefficient (Wildman–Crippen LogP) is 5.80. The Morgan fingerprint density at radius 1 is 1.04 bits per heavy atom. The molecule has 3 aromatic rings. The number of anilines is 3. The second-order valence-corrected chi connectivity index (χ2v) is 13.7. The average molecular weight is 629 g/mol. The molecule has 1 fully saturated rings. The Morgan fingerprint density at radius 2 is 1.76 bits per heavy atom. The van der Waals surface area contributed by atoms with Gasteiger partial charge in [0.1, 0.15) is 17.1 Å². The molecule has 0 atom stereocenters. The van der Waals surface area contributed by atoms with E-state index in [4.69, 9.17) is 9.72 Å². The predicted molar refractivity (Wildman–Crippen MR) is 184 cm³/mol.